The standard InChI is InChI=1S/C18H14BrN3/c1-12-2-9-18(13-3-6-15(19)7-4-13)22(12)16-8-5-14-11-20-21-17(14)10-16/h2-11H,1H3,(H,20,21). The summed E-state index contributed by atoms with van der Waals surface area (Å²) in [6.07, 6.45) is 1.84. The Morgan fingerprint density at radius 2 is 1.82 bits per heavy atom. The maximum absolute atomic E-state index is 4.10. The number of hydrogen-bond acceptors (Lipinski definition) is 1. The summed E-state index contributed by atoms with van der Waals surface area (Å²) in [6, 6.07) is 19.1. The van der Waals surface area contributed by atoms with Crippen LogP contribution in [0, 0.1) is 6.92 Å². The van der Waals surface area contributed by atoms with Gasteiger partial charge in [0.25, 0.3) is 0 Å². The Hall–Kier alpha value is -2.33. The van der Waals surface area contributed by atoms with Crippen LogP contribution in [0.15, 0.2) is 65.3 Å². The van der Waals surface area contributed by atoms with Gasteiger partial charge in [0, 0.05) is 21.2 Å². The molecule has 2 aromatic heterocycles. The van der Waals surface area contributed by atoms with E-state index in [0.29, 0.717) is 0 Å². The van der Waals surface area contributed by atoms with Crippen molar-refractivity contribution in [3.8, 4) is 16.9 Å². The fourth-order valence-corrected chi connectivity index (χ4v) is 3.06. The molecule has 0 saturated heterocycles. The molecule has 2 aromatic carbocycles. The fraction of sp³-hybridized carbons (Fsp3) is 0.0556. The molecular formula is C18H14BrN3. The number of nitrogens with one attached hydrogen (secondary N) is 1. The van der Waals surface area contributed by atoms with E-state index in [1.165, 1.54) is 17.0 Å². The topological polar surface area (TPSA) is 33.6 Å². The number of aromatic nitrogens is 3. The molecule has 4 heteroatoms. The van der Waals surface area contributed by atoms with Crippen LogP contribution in [-0.4, -0.2) is 14.8 Å². The van der Waals surface area contributed by atoms with E-state index >= 15 is 0 Å². The first-order valence-electron chi connectivity index (χ1n) is 7.10. The summed E-state index contributed by atoms with van der Waals surface area (Å²) in [5.74, 6) is 0. The Bertz CT molecular complexity index is 948. The third kappa shape index (κ3) is 2.16. The van der Waals surface area contributed by atoms with E-state index in [2.05, 4.69) is 92.2 Å². The van der Waals surface area contributed by atoms with Gasteiger partial charge in [-0.2, -0.15) is 5.10 Å². The number of benzene rings is 2. The lowest BCUT2D eigenvalue weighted by molar-refractivity contribution is 1.02. The molecule has 4 rings (SSSR count). The van der Waals surface area contributed by atoms with Crippen LogP contribution in [0.25, 0.3) is 27.8 Å². The molecule has 0 aliphatic carbocycles. The molecule has 0 spiro atoms. The molecule has 4 aromatic rings. The van der Waals surface area contributed by atoms with Crippen LogP contribution in [0.2, 0.25) is 0 Å². The first-order chi connectivity index (χ1) is 10.7. The van der Waals surface area contributed by atoms with Crippen molar-refractivity contribution >= 4 is 26.8 Å². The normalized spacial score (nSPS) is 11.2. The van der Waals surface area contributed by atoms with Crippen molar-refractivity contribution in [2.24, 2.45) is 0 Å². The highest BCUT2D eigenvalue weighted by Gasteiger charge is 2.10. The first kappa shape index (κ1) is 13.3. The summed E-state index contributed by atoms with van der Waals surface area (Å²) in [5.41, 5.74) is 5.77. The highest BCUT2D eigenvalue weighted by molar-refractivity contribution is 9.10. The van der Waals surface area contributed by atoms with Crippen molar-refractivity contribution in [1.29, 1.82) is 0 Å². The maximum atomic E-state index is 4.10. The molecule has 0 fully saturated rings. The quantitative estimate of drug-likeness (QED) is 0.536. The summed E-state index contributed by atoms with van der Waals surface area (Å²) >= 11 is 3.49. The van der Waals surface area contributed by atoms with Crippen LogP contribution in [0.1, 0.15) is 5.69 Å². The number of H-pyrrole nitrogens is 1. The smallest absolute Gasteiger partial charge is 0.0671 e. The van der Waals surface area contributed by atoms with Crippen LogP contribution in [-0.2, 0) is 0 Å². The molecule has 0 saturated carbocycles. The van der Waals surface area contributed by atoms with Gasteiger partial charge in [-0.25, -0.2) is 0 Å². The second kappa shape index (κ2) is 5.14. The molecule has 2 heterocycles. The minimum Gasteiger partial charge on any atom is -0.314 e. The monoisotopic (exact) mass is 351 g/mol. The first-order valence-corrected chi connectivity index (χ1v) is 7.89. The van der Waals surface area contributed by atoms with E-state index in [0.717, 1.165) is 21.1 Å². The van der Waals surface area contributed by atoms with Gasteiger partial charge >= 0.3 is 0 Å². The van der Waals surface area contributed by atoms with Gasteiger partial charge in [0.2, 0.25) is 0 Å². The lowest BCUT2D eigenvalue weighted by Gasteiger charge is -2.12. The van der Waals surface area contributed by atoms with Gasteiger partial charge in [0.1, 0.15) is 0 Å². The largest absolute Gasteiger partial charge is 0.314 e. The third-order valence-corrected chi connectivity index (χ3v) is 4.43. The van der Waals surface area contributed by atoms with Gasteiger partial charge in [-0.05, 0) is 55.0 Å². The van der Waals surface area contributed by atoms with Gasteiger partial charge in [0.05, 0.1) is 17.4 Å². The van der Waals surface area contributed by atoms with Crippen LogP contribution < -0.4 is 0 Å². The van der Waals surface area contributed by atoms with Crippen LogP contribution >= 0.6 is 15.9 Å². The predicted molar refractivity (Wildman–Crippen MR) is 93.3 cm³/mol. The Balaban J connectivity index is 1.91. The molecule has 0 unspecified atom stereocenters. The molecule has 22 heavy (non-hydrogen) atoms. The zero-order chi connectivity index (χ0) is 15.1. The van der Waals surface area contributed by atoms with E-state index in [4.69, 9.17) is 0 Å². The molecule has 0 aliphatic rings. The average Bonchev–Trinajstić information content (AvgIpc) is 3.13. The minimum absolute atomic E-state index is 1.05. The Labute approximate surface area is 136 Å². The van der Waals surface area contributed by atoms with E-state index in [1.54, 1.807) is 0 Å². The molecule has 0 amide bonds. The molecule has 0 aliphatic heterocycles. The second-order valence-electron chi connectivity index (χ2n) is 5.34. The number of rotatable bonds is 2. The maximum Gasteiger partial charge on any atom is 0.0671 e. The zero-order valence-corrected chi connectivity index (χ0v) is 13.6. The van der Waals surface area contributed by atoms with Crippen LogP contribution in [0.4, 0.5) is 0 Å². The summed E-state index contributed by atoms with van der Waals surface area (Å²) in [4.78, 5) is 0. The number of hydrogen-bond donors (Lipinski definition) is 1. The number of nitrogens with zero attached hydrogens (tertiary/aromatic N) is 2. The number of halogens is 1. The van der Waals surface area contributed by atoms with Gasteiger partial charge in [-0.1, -0.05) is 28.1 Å². The van der Waals surface area contributed by atoms with Crippen LogP contribution in [0.3, 0.4) is 0 Å². The van der Waals surface area contributed by atoms with Crippen molar-refractivity contribution in [2.75, 3.05) is 0 Å². The predicted octanol–water partition coefficient (Wildman–Crippen LogP) is 5.09. The van der Waals surface area contributed by atoms with Crippen molar-refractivity contribution < 1.29 is 0 Å². The second-order valence-corrected chi connectivity index (χ2v) is 6.26. The Kier molecular flexibility index (Phi) is 3.12. The van der Waals surface area contributed by atoms with Crippen molar-refractivity contribution in [3.05, 3.63) is 71.0 Å². The molecule has 0 radical (unpaired) electrons. The van der Waals surface area contributed by atoms with E-state index < -0.39 is 0 Å². The van der Waals surface area contributed by atoms with Gasteiger partial charge < -0.3 is 4.57 Å². The number of aromatic amines is 1. The van der Waals surface area contributed by atoms with Crippen molar-refractivity contribution in [1.82, 2.24) is 14.8 Å². The fourth-order valence-electron chi connectivity index (χ4n) is 2.79. The van der Waals surface area contributed by atoms with Crippen LogP contribution in [0.5, 0.6) is 0 Å². The molecule has 0 atom stereocenters. The summed E-state index contributed by atoms with van der Waals surface area (Å²) in [5, 5.41) is 8.26. The van der Waals surface area contributed by atoms with Crippen molar-refractivity contribution in [2.45, 2.75) is 6.92 Å². The lowest BCUT2D eigenvalue weighted by atomic mass is 10.1. The Morgan fingerprint density at radius 1 is 1.00 bits per heavy atom. The number of aryl methyl sites for hydroxylation is 1. The zero-order valence-electron chi connectivity index (χ0n) is 12.0. The van der Waals surface area contributed by atoms with Gasteiger partial charge in [-0.15, -0.1) is 0 Å². The lowest BCUT2D eigenvalue weighted by Crippen LogP contribution is -1.98. The molecule has 1 N–H and O–H groups in total. The summed E-state index contributed by atoms with van der Waals surface area (Å²) in [6.45, 7) is 2.12. The Morgan fingerprint density at radius 3 is 2.64 bits per heavy atom. The molecular weight excluding hydrogens is 338 g/mol. The molecule has 0 bridgehead atoms. The van der Waals surface area contributed by atoms with Gasteiger partial charge in [0.15, 0.2) is 0 Å². The highest BCUT2D eigenvalue weighted by Crippen LogP contribution is 2.28. The van der Waals surface area contributed by atoms with Gasteiger partial charge in [-0.3, -0.25) is 5.10 Å². The SMILES string of the molecule is Cc1ccc(-c2ccc(Br)cc2)n1-c1ccc2cn[nH]c2c1. The van der Waals surface area contributed by atoms with E-state index in [1.807, 2.05) is 6.20 Å². The number of fused-ring (bicyclic) bond motifs is 1. The summed E-state index contributed by atoms with van der Waals surface area (Å²) in [7, 11) is 0. The van der Waals surface area contributed by atoms with E-state index in [9.17, 15) is 0 Å². The average molecular weight is 352 g/mol. The third-order valence-electron chi connectivity index (χ3n) is 3.90. The highest BCUT2D eigenvalue weighted by atomic mass is 79.9. The molecule has 3 nitrogen and oxygen atoms in total. The van der Waals surface area contributed by atoms with Crippen molar-refractivity contribution in [3.63, 3.8) is 0 Å². The minimum atomic E-state index is 1.05. The summed E-state index contributed by atoms with van der Waals surface area (Å²) < 4.78 is 3.36. The van der Waals surface area contributed by atoms with E-state index in [-0.39, 0.29) is 0 Å². The molecule has 108 valence electrons.